The van der Waals surface area contributed by atoms with E-state index < -0.39 is 0 Å². The van der Waals surface area contributed by atoms with E-state index in [0.29, 0.717) is 31.2 Å². The molecule has 1 rings (SSSR count). The van der Waals surface area contributed by atoms with Crippen LogP contribution in [0.3, 0.4) is 0 Å². The number of hydroxylamine groups is 1. The zero-order valence-corrected chi connectivity index (χ0v) is 10.3. The highest BCUT2D eigenvalue weighted by atomic mass is 16.7. The standard InChI is InChI=1S/C11H24N2O2/c1-9-8-13(3)10(2)7-11(9)12-15-6-5-14-4/h9-12H,5-8H2,1-4H3. The summed E-state index contributed by atoms with van der Waals surface area (Å²) in [6.45, 7) is 6.91. The number of hydrogen-bond acceptors (Lipinski definition) is 4. The van der Waals surface area contributed by atoms with E-state index in [0.717, 1.165) is 13.0 Å². The molecule has 1 N–H and O–H groups in total. The van der Waals surface area contributed by atoms with Crippen LogP contribution in [0.15, 0.2) is 0 Å². The van der Waals surface area contributed by atoms with Crippen molar-refractivity contribution in [1.29, 1.82) is 0 Å². The van der Waals surface area contributed by atoms with Gasteiger partial charge in [0.2, 0.25) is 0 Å². The Labute approximate surface area is 92.9 Å². The summed E-state index contributed by atoms with van der Waals surface area (Å²) in [5.41, 5.74) is 3.15. The molecule has 0 aromatic carbocycles. The first kappa shape index (κ1) is 12.9. The van der Waals surface area contributed by atoms with E-state index in [-0.39, 0.29) is 0 Å². The summed E-state index contributed by atoms with van der Waals surface area (Å²) >= 11 is 0. The highest BCUT2D eigenvalue weighted by Crippen LogP contribution is 2.20. The van der Waals surface area contributed by atoms with E-state index in [1.54, 1.807) is 7.11 Å². The molecule has 0 aromatic rings. The number of nitrogens with one attached hydrogen (secondary N) is 1. The lowest BCUT2D eigenvalue weighted by Crippen LogP contribution is -2.50. The average Bonchev–Trinajstić information content (AvgIpc) is 2.20. The van der Waals surface area contributed by atoms with Crippen molar-refractivity contribution in [3.8, 4) is 0 Å². The number of methoxy groups -OCH3 is 1. The fraction of sp³-hybridized carbons (Fsp3) is 1.00. The fourth-order valence-electron chi connectivity index (χ4n) is 2.00. The average molecular weight is 216 g/mol. The Hall–Kier alpha value is -0.160. The van der Waals surface area contributed by atoms with Crippen molar-refractivity contribution in [1.82, 2.24) is 10.4 Å². The SMILES string of the molecule is COCCONC1CC(C)N(C)CC1C. The van der Waals surface area contributed by atoms with Crippen molar-refractivity contribution in [2.45, 2.75) is 32.4 Å². The third-order valence-corrected chi connectivity index (χ3v) is 3.23. The number of piperidine rings is 1. The van der Waals surface area contributed by atoms with E-state index >= 15 is 0 Å². The molecule has 3 unspecified atom stereocenters. The molecular weight excluding hydrogens is 192 g/mol. The maximum atomic E-state index is 5.37. The molecule has 4 heteroatoms. The van der Waals surface area contributed by atoms with Gasteiger partial charge in [0.05, 0.1) is 13.2 Å². The lowest BCUT2D eigenvalue weighted by Gasteiger charge is -2.39. The van der Waals surface area contributed by atoms with E-state index in [9.17, 15) is 0 Å². The van der Waals surface area contributed by atoms with Crippen LogP contribution in [-0.4, -0.2) is 50.9 Å². The Morgan fingerprint density at radius 3 is 2.73 bits per heavy atom. The molecule has 0 bridgehead atoms. The molecule has 0 spiro atoms. The van der Waals surface area contributed by atoms with Gasteiger partial charge in [0.1, 0.15) is 0 Å². The van der Waals surface area contributed by atoms with Gasteiger partial charge in [0.15, 0.2) is 0 Å². The molecular formula is C11H24N2O2. The summed E-state index contributed by atoms with van der Waals surface area (Å²) in [5.74, 6) is 0.633. The third-order valence-electron chi connectivity index (χ3n) is 3.23. The van der Waals surface area contributed by atoms with E-state index in [1.165, 1.54) is 0 Å². The molecule has 1 fully saturated rings. The molecule has 4 nitrogen and oxygen atoms in total. The first-order valence-electron chi connectivity index (χ1n) is 5.71. The van der Waals surface area contributed by atoms with E-state index in [2.05, 4.69) is 31.3 Å². The number of ether oxygens (including phenoxy) is 1. The second kappa shape index (κ2) is 6.43. The van der Waals surface area contributed by atoms with Gasteiger partial charge in [-0.1, -0.05) is 6.92 Å². The normalized spacial score (nSPS) is 33.2. The minimum Gasteiger partial charge on any atom is -0.382 e. The number of rotatable bonds is 5. The van der Waals surface area contributed by atoms with Crippen molar-refractivity contribution in [3.05, 3.63) is 0 Å². The molecule has 0 radical (unpaired) electrons. The minimum absolute atomic E-state index is 0.466. The van der Waals surface area contributed by atoms with Crippen LogP contribution in [0, 0.1) is 5.92 Å². The van der Waals surface area contributed by atoms with Crippen molar-refractivity contribution in [2.75, 3.05) is 33.9 Å². The summed E-state index contributed by atoms with van der Waals surface area (Å²) in [6.07, 6.45) is 1.14. The molecule has 0 saturated carbocycles. The smallest absolute Gasteiger partial charge is 0.0915 e. The predicted molar refractivity (Wildman–Crippen MR) is 60.6 cm³/mol. The van der Waals surface area contributed by atoms with E-state index in [4.69, 9.17) is 9.57 Å². The van der Waals surface area contributed by atoms with Gasteiger partial charge >= 0.3 is 0 Å². The Balaban J connectivity index is 2.22. The summed E-state index contributed by atoms with van der Waals surface area (Å²) in [5, 5.41) is 0. The van der Waals surface area contributed by atoms with Crippen molar-refractivity contribution >= 4 is 0 Å². The highest BCUT2D eigenvalue weighted by Gasteiger charge is 2.28. The summed E-state index contributed by atoms with van der Waals surface area (Å²) in [7, 11) is 3.87. The maximum absolute atomic E-state index is 5.37. The number of likely N-dealkylation sites (tertiary alicyclic amines) is 1. The Kier molecular flexibility index (Phi) is 5.53. The van der Waals surface area contributed by atoms with Crippen molar-refractivity contribution < 1.29 is 9.57 Å². The lowest BCUT2D eigenvalue weighted by atomic mass is 9.90. The summed E-state index contributed by atoms with van der Waals surface area (Å²) < 4.78 is 4.92. The number of hydrogen-bond donors (Lipinski definition) is 1. The second-order valence-electron chi connectivity index (χ2n) is 4.57. The molecule has 1 aliphatic heterocycles. The topological polar surface area (TPSA) is 33.7 Å². The van der Waals surface area contributed by atoms with Crippen LogP contribution >= 0.6 is 0 Å². The van der Waals surface area contributed by atoms with Crippen LogP contribution in [0.2, 0.25) is 0 Å². The molecule has 3 atom stereocenters. The van der Waals surface area contributed by atoms with Crippen LogP contribution in [-0.2, 0) is 9.57 Å². The van der Waals surface area contributed by atoms with Gasteiger partial charge in [0.25, 0.3) is 0 Å². The largest absolute Gasteiger partial charge is 0.382 e. The van der Waals surface area contributed by atoms with Crippen molar-refractivity contribution in [3.63, 3.8) is 0 Å². The Morgan fingerprint density at radius 1 is 1.33 bits per heavy atom. The zero-order chi connectivity index (χ0) is 11.3. The van der Waals surface area contributed by atoms with Crippen LogP contribution in [0.25, 0.3) is 0 Å². The Morgan fingerprint density at radius 2 is 2.07 bits per heavy atom. The molecule has 90 valence electrons. The van der Waals surface area contributed by atoms with Gasteiger partial charge in [-0.3, -0.25) is 4.84 Å². The van der Waals surface area contributed by atoms with Gasteiger partial charge < -0.3 is 9.64 Å². The molecule has 0 aliphatic carbocycles. The third kappa shape index (κ3) is 4.07. The molecule has 0 aromatic heterocycles. The molecule has 1 saturated heterocycles. The second-order valence-corrected chi connectivity index (χ2v) is 4.57. The molecule has 1 heterocycles. The van der Waals surface area contributed by atoms with Crippen LogP contribution in [0.1, 0.15) is 20.3 Å². The van der Waals surface area contributed by atoms with Crippen LogP contribution < -0.4 is 5.48 Å². The number of nitrogens with zero attached hydrogens (tertiary/aromatic N) is 1. The quantitative estimate of drug-likeness (QED) is 0.546. The minimum atomic E-state index is 0.466. The summed E-state index contributed by atoms with van der Waals surface area (Å²) in [6, 6.07) is 1.10. The van der Waals surface area contributed by atoms with E-state index in [1.807, 2.05) is 0 Å². The first-order valence-corrected chi connectivity index (χ1v) is 5.71. The van der Waals surface area contributed by atoms with Gasteiger partial charge in [0, 0.05) is 25.7 Å². The molecule has 1 aliphatic rings. The highest BCUT2D eigenvalue weighted by molar-refractivity contribution is 4.84. The predicted octanol–water partition coefficient (Wildman–Crippen LogP) is 0.883. The van der Waals surface area contributed by atoms with Gasteiger partial charge in [-0.25, -0.2) is 0 Å². The van der Waals surface area contributed by atoms with Gasteiger partial charge in [-0.15, -0.1) is 0 Å². The Bertz CT molecular complexity index is 178. The monoisotopic (exact) mass is 216 g/mol. The fourth-order valence-corrected chi connectivity index (χ4v) is 2.00. The van der Waals surface area contributed by atoms with Gasteiger partial charge in [-0.05, 0) is 26.3 Å². The zero-order valence-electron chi connectivity index (χ0n) is 10.3. The molecule has 15 heavy (non-hydrogen) atoms. The first-order chi connectivity index (χ1) is 7.15. The summed E-state index contributed by atoms with van der Waals surface area (Å²) in [4.78, 5) is 7.77. The lowest BCUT2D eigenvalue weighted by molar-refractivity contribution is -0.0412. The van der Waals surface area contributed by atoms with Gasteiger partial charge in [-0.2, -0.15) is 5.48 Å². The maximum Gasteiger partial charge on any atom is 0.0915 e. The van der Waals surface area contributed by atoms with Crippen LogP contribution in [0.4, 0.5) is 0 Å². The van der Waals surface area contributed by atoms with Crippen molar-refractivity contribution in [2.24, 2.45) is 5.92 Å². The van der Waals surface area contributed by atoms with Crippen LogP contribution in [0.5, 0.6) is 0 Å². The molecule has 0 amide bonds.